The van der Waals surface area contributed by atoms with Gasteiger partial charge in [-0.15, -0.1) is 11.3 Å². The summed E-state index contributed by atoms with van der Waals surface area (Å²) in [6, 6.07) is 3.87. The Balaban J connectivity index is 2.40. The van der Waals surface area contributed by atoms with Crippen molar-refractivity contribution in [3.05, 3.63) is 43.2 Å². The van der Waals surface area contributed by atoms with E-state index in [0.29, 0.717) is 0 Å². The molecular formula is C9H8N4OS2. The summed E-state index contributed by atoms with van der Waals surface area (Å²) in [4.78, 5) is 12.6. The van der Waals surface area contributed by atoms with Gasteiger partial charge in [0.05, 0.1) is 0 Å². The second-order valence-corrected chi connectivity index (χ2v) is 4.30. The van der Waals surface area contributed by atoms with Crippen molar-refractivity contribution in [2.45, 2.75) is 0 Å². The average Bonchev–Trinajstić information content (AvgIpc) is 2.78. The molecule has 0 saturated heterocycles. The van der Waals surface area contributed by atoms with E-state index in [1.807, 2.05) is 17.5 Å². The van der Waals surface area contributed by atoms with E-state index in [9.17, 15) is 4.79 Å². The van der Waals surface area contributed by atoms with E-state index in [1.165, 1.54) is 0 Å². The smallest absolute Gasteiger partial charge is 0.298 e. The summed E-state index contributed by atoms with van der Waals surface area (Å²) < 4.78 is 0.953. The van der Waals surface area contributed by atoms with Crippen LogP contribution in [0.5, 0.6) is 0 Å². The standard InChI is InChI=1S/C9H8N4OS2/c10-13-8(14)7(11-12-9(13)15)4-3-6-2-1-5-16-6/h1-5H,10H2,(H,12,15)/b4-3+. The maximum Gasteiger partial charge on any atom is 0.298 e. The number of thiophene rings is 1. The Hall–Kier alpha value is -1.73. The lowest BCUT2D eigenvalue weighted by Gasteiger charge is -1.97. The van der Waals surface area contributed by atoms with Gasteiger partial charge >= 0.3 is 0 Å². The molecule has 5 nitrogen and oxygen atoms in total. The highest BCUT2D eigenvalue weighted by Gasteiger charge is 2.00. The van der Waals surface area contributed by atoms with Gasteiger partial charge in [0, 0.05) is 4.88 Å². The van der Waals surface area contributed by atoms with Gasteiger partial charge in [-0.1, -0.05) is 6.07 Å². The van der Waals surface area contributed by atoms with E-state index < -0.39 is 5.56 Å². The third-order valence-corrected chi connectivity index (χ3v) is 3.00. The van der Waals surface area contributed by atoms with E-state index in [4.69, 9.17) is 18.1 Å². The molecule has 2 heterocycles. The van der Waals surface area contributed by atoms with Gasteiger partial charge in [-0.25, -0.2) is 0 Å². The molecule has 2 aromatic rings. The topological polar surface area (TPSA) is 76.7 Å². The van der Waals surface area contributed by atoms with Crippen LogP contribution >= 0.6 is 23.6 Å². The number of aromatic amines is 1. The predicted molar refractivity (Wildman–Crippen MR) is 67.1 cm³/mol. The predicted octanol–water partition coefficient (Wildman–Crippen LogP) is 1.25. The number of hydrogen-bond donors (Lipinski definition) is 2. The maximum absolute atomic E-state index is 11.6. The lowest BCUT2D eigenvalue weighted by Crippen LogP contribution is -2.31. The van der Waals surface area contributed by atoms with Crippen LogP contribution < -0.4 is 11.4 Å². The highest BCUT2D eigenvalue weighted by molar-refractivity contribution is 7.71. The molecule has 0 aliphatic heterocycles. The van der Waals surface area contributed by atoms with Gasteiger partial charge in [-0.05, 0) is 35.8 Å². The number of hydrogen-bond acceptors (Lipinski definition) is 5. The molecule has 0 saturated carbocycles. The van der Waals surface area contributed by atoms with Crippen molar-refractivity contribution in [1.82, 2.24) is 14.9 Å². The quantitative estimate of drug-likeness (QED) is 0.623. The van der Waals surface area contributed by atoms with Gasteiger partial charge in [0.1, 0.15) is 0 Å². The number of rotatable bonds is 2. The zero-order valence-corrected chi connectivity index (χ0v) is 9.72. The van der Waals surface area contributed by atoms with E-state index >= 15 is 0 Å². The first-order valence-electron chi connectivity index (χ1n) is 4.37. The maximum atomic E-state index is 11.6. The molecule has 16 heavy (non-hydrogen) atoms. The fraction of sp³-hybridized carbons (Fsp3) is 0. The first kappa shape index (κ1) is 10.8. The molecule has 0 spiro atoms. The lowest BCUT2D eigenvalue weighted by molar-refractivity contribution is 0.793. The zero-order chi connectivity index (χ0) is 11.5. The van der Waals surface area contributed by atoms with Crippen molar-refractivity contribution in [3.8, 4) is 0 Å². The van der Waals surface area contributed by atoms with Crippen molar-refractivity contribution in [1.29, 1.82) is 0 Å². The van der Waals surface area contributed by atoms with Gasteiger partial charge in [-0.3, -0.25) is 9.89 Å². The summed E-state index contributed by atoms with van der Waals surface area (Å²) in [7, 11) is 0. The van der Waals surface area contributed by atoms with Crippen LogP contribution in [-0.4, -0.2) is 14.9 Å². The largest absolute Gasteiger partial charge is 0.334 e. The van der Waals surface area contributed by atoms with Gasteiger partial charge in [0.2, 0.25) is 4.77 Å². The molecule has 3 N–H and O–H groups in total. The summed E-state index contributed by atoms with van der Waals surface area (Å²) >= 11 is 6.33. The summed E-state index contributed by atoms with van der Waals surface area (Å²) in [5.41, 5.74) is -0.193. The molecule has 0 aliphatic carbocycles. The Morgan fingerprint density at radius 2 is 2.38 bits per heavy atom. The summed E-state index contributed by atoms with van der Waals surface area (Å²) in [6.45, 7) is 0. The van der Waals surface area contributed by atoms with Crippen LogP contribution in [0.1, 0.15) is 10.6 Å². The number of nitrogens with one attached hydrogen (secondary N) is 1. The third-order valence-electron chi connectivity index (χ3n) is 1.88. The second-order valence-electron chi connectivity index (χ2n) is 2.94. The average molecular weight is 252 g/mol. The lowest BCUT2D eigenvalue weighted by atomic mass is 10.3. The summed E-state index contributed by atoms with van der Waals surface area (Å²) in [6.07, 6.45) is 3.40. The van der Waals surface area contributed by atoms with Crippen molar-refractivity contribution < 1.29 is 0 Å². The molecule has 0 aliphatic rings. The number of nitrogens with zero attached hydrogens (tertiary/aromatic N) is 2. The molecule has 0 fully saturated rings. The van der Waals surface area contributed by atoms with E-state index in [-0.39, 0.29) is 10.5 Å². The van der Waals surface area contributed by atoms with Crippen molar-refractivity contribution in [2.75, 3.05) is 5.84 Å². The van der Waals surface area contributed by atoms with Crippen LogP contribution in [0.2, 0.25) is 0 Å². The van der Waals surface area contributed by atoms with Crippen LogP contribution in [0.15, 0.2) is 22.3 Å². The Bertz CT molecular complexity index is 624. The molecular weight excluding hydrogens is 244 g/mol. The summed E-state index contributed by atoms with van der Waals surface area (Å²) in [5, 5.41) is 8.26. The minimum atomic E-state index is -0.420. The van der Waals surface area contributed by atoms with Crippen LogP contribution in [0, 0.1) is 4.77 Å². The molecule has 0 amide bonds. The molecule has 2 aromatic heterocycles. The van der Waals surface area contributed by atoms with Crippen molar-refractivity contribution >= 4 is 35.7 Å². The van der Waals surface area contributed by atoms with E-state index in [1.54, 1.807) is 23.5 Å². The number of H-pyrrole nitrogens is 1. The number of aromatic nitrogens is 3. The first-order chi connectivity index (χ1) is 7.68. The highest BCUT2D eigenvalue weighted by Crippen LogP contribution is 2.11. The third kappa shape index (κ3) is 2.10. The monoisotopic (exact) mass is 252 g/mol. The fourth-order valence-electron chi connectivity index (χ4n) is 1.08. The van der Waals surface area contributed by atoms with Gasteiger partial charge in [-0.2, -0.15) is 9.77 Å². The SMILES string of the molecule is Nn1c(=S)[nH]nc(/C=C/c2cccs2)c1=O. The number of nitrogen functional groups attached to an aromatic ring is 1. The van der Waals surface area contributed by atoms with Crippen molar-refractivity contribution in [3.63, 3.8) is 0 Å². The van der Waals surface area contributed by atoms with E-state index in [0.717, 1.165) is 9.55 Å². The zero-order valence-electron chi connectivity index (χ0n) is 8.08. The van der Waals surface area contributed by atoms with Crippen LogP contribution in [0.25, 0.3) is 12.2 Å². The second kappa shape index (κ2) is 4.42. The Morgan fingerprint density at radius 3 is 3.06 bits per heavy atom. The van der Waals surface area contributed by atoms with E-state index in [2.05, 4.69) is 10.2 Å². The van der Waals surface area contributed by atoms with Crippen LogP contribution in [0.4, 0.5) is 0 Å². The summed E-state index contributed by atoms with van der Waals surface area (Å²) in [5.74, 6) is 5.43. The molecule has 0 atom stereocenters. The molecule has 0 radical (unpaired) electrons. The van der Waals surface area contributed by atoms with Gasteiger partial charge in [0.15, 0.2) is 5.69 Å². The molecule has 7 heteroatoms. The van der Waals surface area contributed by atoms with Crippen LogP contribution in [-0.2, 0) is 0 Å². The molecule has 0 unspecified atom stereocenters. The highest BCUT2D eigenvalue weighted by atomic mass is 32.1. The minimum Gasteiger partial charge on any atom is -0.334 e. The Labute approximate surface area is 99.8 Å². The molecule has 0 aromatic carbocycles. The fourth-order valence-corrected chi connectivity index (χ4v) is 1.83. The molecule has 2 rings (SSSR count). The van der Waals surface area contributed by atoms with Gasteiger partial charge < -0.3 is 5.84 Å². The van der Waals surface area contributed by atoms with Gasteiger partial charge in [0.25, 0.3) is 5.56 Å². The normalized spacial score (nSPS) is 11.0. The minimum absolute atomic E-state index is 0.0956. The van der Waals surface area contributed by atoms with Crippen molar-refractivity contribution in [2.24, 2.45) is 0 Å². The number of nitrogens with two attached hydrogens (primary N) is 1. The first-order valence-corrected chi connectivity index (χ1v) is 5.65. The van der Waals surface area contributed by atoms with Crippen LogP contribution in [0.3, 0.4) is 0 Å². The Morgan fingerprint density at radius 1 is 1.56 bits per heavy atom. The molecule has 0 bridgehead atoms. The Kier molecular flexibility index (Phi) is 2.97. The molecule has 82 valence electrons.